The Balaban J connectivity index is 1.48. The van der Waals surface area contributed by atoms with Gasteiger partial charge in [-0.25, -0.2) is 4.98 Å². The highest BCUT2D eigenvalue weighted by atomic mass is 32.2. The third kappa shape index (κ3) is 3.84. The molecule has 0 unspecified atom stereocenters. The van der Waals surface area contributed by atoms with E-state index in [0.29, 0.717) is 5.75 Å². The number of nitrogens with zero attached hydrogens (tertiary/aromatic N) is 1. The van der Waals surface area contributed by atoms with Crippen LogP contribution in [0.3, 0.4) is 0 Å². The molecular weight excluding hydrogens is 376 g/mol. The molecule has 1 N–H and O–H groups in total. The van der Waals surface area contributed by atoms with Crippen molar-refractivity contribution >= 4 is 34.3 Å². The average Bonchev–Trinajstić information content (AvgIpc) is 3.17. The van der Waals surface area contributed by atoms with Gasteiger partial charge in [-0.05, 0) is 48.4 Å². The first kappa shape index (κ1) is 18.4. The normalized spacial score (nSPS) is 12.2. The Labute approximate surface area is 167 Å². The van der Waals surface area contributed by atoms with Crippen molar-refractivity contribution in [2.75, 3.05) is 25.0 Å². The number of carbonyl (C=O) groups is 1. The van der Waals surface area contributed by atoms with Crippen LogP contribution in [0.15, 0.2) is 47.5 Å². The molecule has 0 fully saturated rings. The predicted molar refractivity (Wildman–Crippen MR) is 110 cm³/mol. The number of pyridine rings is 1. The number of aromatic nitrogens is 1. The lowest BCUT2D eigenvalue weighted by Crippen LogP contribution is -2.14. The minimum atomic E-state index is -0.0789. The fraction of sp³-hybridized carbons (Fsp3) is 0.238. The SMILES string of the molecule is CCc1cc2cc3c(cc2nc1SCC(=O)Nc1ccc(OC)cc1)OCO3. The number of thioether (sulfide) groups is 1. The summed E-state index contributed by atoms with van der Waals surface area (Å²) in [6.07, 6.45) is 0.833. The van der Waals surface area contributed by atoms with E-state index in [4.69, 9.17) is 19.2 Å². The molecule has 0 bridgehead atoms. The molecule has 7 heteroatoms. The fourth-order valence-corrected chi connectivity index (χ4v) is 3.87. The van der Waals surface area contributed by atoms with Gasteiger partial charge < -0.3 is 19.5 Å². The Morgan fingerprint density at radius 1 is 1.18 bits per heavy atom. The molecule has 1 aliphatic heterocycles. The highest BCUT2D eigenvalue weighted by molar-refractivity contribution is 8.00. The van der Waals surface area contributed by atoms with Crippen LogP contribution >= 0.6 is 11.8 Å². The number of amides is 1. The molecule has 2 aromatic carbocycles. The van der Waals surface area contributed by atoms with Crippen LogP contribution in [0.4, 0.5) is 5.69 Å². The van der Waals surface area contributed by atoms with Gasteiger partial charge in [0.25, 0.3) is 0 Å². The molecule has 6 nitrogen and oxygen atoms in total. The van der Waals surface area contributed by atoms with Gasteiger partial charge in [0.05, 0.1) is 18.4 Å². The summed E-state index contributed by atoms with van der Waals surface area (Å²) in [5.41, 5.74) is 2.68. The van der Waals surface area contributed by atoms with Crippen LogP contribution in [-0.2, 0) is 11.2 Å². The summed E-state index contributed by atoms with van der Waals surface area (Å²) in [6, 6.07) is 13.2. The van der Waals surface area contributed by atoms with Crippen molar-refractivity contribution in [3.05, 3.63) is 48.0 Å². The van der Waals surface area contributed by atoms with Gasteiger partial charge in [0.15, 0.2) is 11.5 Å². The molecule has 144 valence electrons. The van der Waals surface area contributed by atoms with Crippen molar-refractivity contribution in [1.82, 2.24) is 4.98 Å². The molecule has 1 aromatic heterocycles. The zero-order chi connectivity index (χ0) is 19.5. The Morgan fingerprint density at radius 3 is 2.64 bits per heavy atom. The maximum Gasteiger partial charge on any atom is 0.234 e. The number of anilines is 1. The van der Waals surface area contributed by atoms with Gasteiger partial charge in [0.1, 0.15) is 10.8 Å². The van der Waals surface area contributed by atoms with Crippen molar-refractivity contribution in [3.63, 3.8) is 0 Å². The van der Waals surface area contributed by atoms with E-state index in [1.807, 2.05) is 36.4 Å². The minimum absolute atomic E-state index is 0.0789. The summed E-state index contributed by atoms with van der Waals surface area (Å²) in [7, 11) is 1.61. The van der Waals surface area contributed by atoms with E-state index in [1.165, 1.54) is 11.8 Å². The molecule has 1 aliphatic rings. The predicted octanol–water partition coefficient (Wildman–Crippen LogP) is 4.27. The zero-order valence-electron chi connectivity index (χ0n) is 15.7. The van der Waals surface area contributed by atoms with Crippen molar-refractivity contribution in [3.8, 4) is 17.2 Å². The molecule has 0 atom stereocenters. The quantitative estimate of drug-likeness (QED) is 0.628. The topological polar surface area (TPSA) is 69.7 Å². The van der Waals surface area contributed by atoms with Gasteiger partial charge >= 0.3 is 0 Å². The van der Waals surface area contributed by atoms with E-state index in [-0.39, 0.29) is 18.5 Å². The highest BCUT2D eigenvalue weighted by Crippen LogP contribution is 2.37. The molecule has 4 rings (SSSR count). The fourth-order valence-electron chi connectivity index (χ4n) is 2.97. The summed E-state index contributed by atoms with van der Waals surface area (Å²) >= 11 is 1.43. The largest absolute Gasteiger partial charge is 0.497 e. The van der Waals surface area contributed by atoms with Crippen molar-refractivity contribution < 1.29 is 19.0 Å². The number of methoxy groups -OCH3 is 1. The van der Waals surface area contributed by atoms with Crippen molar-refractivity contribution in [2.24, 2.45) is 0 Å². The number of fused-ring (bicyclic) bond motifs is 2. The van der Waals surface area contributed by atoms with Gasteiger partial charge in [-0.1, -0.05) is 18.7 Å². The second kappa shape index (κ2) is 7.98. The number of carbonyl (C=O) groups excluding carboxylic acids is 1. The lowest BCUT2D eigenvalue weighted by molar-refractivity contribution is -0.113. The number of rotatable bonds is 6. The Morgan fingerprint density at radius 2 is 1.93 bits per heavy atom. The van der Waals surface area contributed by atoms with Crippen LogP contribution in [0.2, 0.25) is 0 Å². The third-order valence-corrected chi connectivity index (χ3v) is 5.48. The second-order valence-corrected chi connectivity index (χ2v) is 7.23. The van der Waals surface area contributed by atoms with Gasteiger partial charge in [-0.3, -0.25) is 4.79 Å². The molecule has 3 aromatic rings. The minimum Gasteiger partial charge on any atom is -0.497 e. The molecule has 0 saturated carbocycles. The maximum absolute atomic E-state index is 12.3. The number of aryl methyl sites for hydroxylation is 1. The third-order valence-electron chi connectivity index (χ3n) is 4.44. The van der Waals surface area contributed by atoms with Crippen LogP contribution < -0.4 is 19.5 Å². The first-order valence-corrected chi connectivity index (χ1v) is 9.95. The summed E-state index contributed by atoms with van der Waals surface area (Å²) in [4.78, 5) is 17.1. The summed E-state index contributed by atoms with van der Waals surface area (Å²) in [5.74, 6) is 2.40. The van der Waals surface area contributed by atoms with Gasteiger partial charge in [-0.2, -0.15) is 0 Å². The molecular formula is C21H20N2O4S. The number of ether oxygens (including phenoxy) is 3. The number of benzene rings is 2. The number of hydrogen-bond acceptors (Lipinski definition) is 6. The molecule has 0 spiro atoms. The van der Waals surface area contributed by atoms with Crippen LogP contribution in [0.1, 0.15) is 12.5 Å². The van der Waals surface area contributed by atoms with E-state index >= 15 is 0 Å². The van der Waals surface area contributed by atoms with Crippen molar-refractivity contribution in [2.45, 2.75) is 18.4 Å². The summed E-state index contributed by atoms with van der Waals surface area (Å²) < 4.78 is 16.0. The highest BCUT2D eigenvalue weighted by Gasteiger charge is 2.17. The second-order valence-electron chi connectivity index (χ2n) is 6.27. The van der Waals surface area contributed by atoms with Gasteiger partial charge in [0.2, 0.25) is 12.7 Å². The smallest absolute Gasteiger partial charge is 0.234 e. The molecule has 0 aliphatic carbocycles. The first-order chi connectivity index (χ1) is 13.7. The monoisotopic (exact) mass is 396 g/mol. The molecule has 0 radical (unpaired) electrons. The summed E-state index contributed by atoms with van der Waals surface area (Å²) in [6.45, 7) is 2.32. The lowest BCUT2D eigenvalue weighted by atomic mass is 10.1. The van der Waals surface area contributed by atoms with E-state index < -0.39 is 0 Å². The number of nitrogens with one attached hydrogen (secondary N) is 1. The standard InChI is InChI=1S/C21H20N2O4S/c1-3-13-8-14-9-18-19(27-12-26-18)10-17(14)23-21(13)28-11-20(24)22-15-4-6-16(25-2)7-5-15/h4-10H,3,11-12H2,1-2H3,(H,22,24). The van der Waals surface area contributed by atoms with Crippen molar-refractivity contribution in [1.29, 1.82) is 0 Å². The Hall–Kier alpha value is -2.93. The van der Waals surface area contributed by atoms with Crippen LogP contribution in [0.5, 0.6) is 17.2 Å². The van der Waals surface area contributed by atoms with Crippen LogP contribution in [0, 0.1) is 0 Å². The molecule has 2 heterocycles. The van der Waals surface area contributed by atoms with Crippen LogP contribution in [0.25, 0.3) is 10.9 Å². The molecule has 0 saturated heterocycles. The van der Waals surface area contributed by atoms with E-state index in [0.717, 1.165) is 45.1 Å². The van der Waals surface area contributed by atoms with E-state index in [9.17, 15) is 4.79 Å². The van der Waals surface area contributed by atoms with Gasteiger partial charge in [-0.15, -0.1) is 0 Å². The van der Waals surface area contributed by atoms with E-state index in [2.05, 4.69) is 18.3 Å². The van der Waals surface area contributed by atoms with E-state index in [1.54, 1.807) is 7.11 Å². The number of hydrogen-bond donors (Lipinski definition) is 1. The molecule has 1 amide bonds. The molecule has 28 heavy (non-hydrogen) atoms. The summed E-state index contributed by atoms with van der Waals surface area (Å²) in [5, 5.41) is 4.76. The Bertz CT molecular complexity index is 1020. The first-order valence-electron chi connectivity index (χ1n) is 8.96. The lowest BCUT2D eigenvalue weighted by Gasteiger charge is -2.10. The Kier molecular flexibility index (Phi) is 5.25. The van der Waals surface area contributed by atoms with Crippen LogP contribution in [-0.4, -0.2) is 30.5 Å². The average molecular weight is 396 g/mol. The zero-order valence-corrected chi connectivity index (χ0v) is 16.5. The maximum atomic E-state index is 12.3. The van der Waals surface area contributed by atoms with Gasteiger partial charge in [0, 0.05) is 17.1 Å².